The Balaban J connectivity index is 1.12. The van der Waals surface area contributed by atoms with E-state index < -0.39 is 0 Å². The number of hydrogen-bond donors (Lipinski definition) is 0. The van der Waals surface area contributed by atoms with Gasteiger partial charge in [0.2, 0.25) is 0 Å². The topological polar surface area (TPSA) is 45.3 Å². The number of carbonyl (C=O) groups is 1. The highest BCUT2D eigenvalue weighted by Gasteiger charge is 2.65. The summed E-state index contributed by atoms with van der Waals surface area (Å²) >= 11 is 0. The Kier molecular flexibility index (Phi) is 4.89. The number of aryl methyl sites for hydroxylation is 1. The normalized spacial score (nSPS) is 41.3. The van der Waals surface area contributed by atoms with Gasteiger partial charge in [-0.15, -0.1) is 0 Å². The maximum atomic E-state index is 13.0. The number of carbonyl (C=O) groups excluding carboxylic acids is 1. The smallest absolute Gasteiger partial charge is 0.310 e. The molecule has 0 unspecified atom stereocenters. The zero-order valence-corrected chi connectivity index (χ0v) is 19.9. The average molecular weight is 439 g/mol. The van der Waals surface area contributed by atoms with Gasteiger partial charge in [-0.25, -0.2) is 0 Å². The minimum absolute atomic E-state index is 0.0366. The van der Waals surface area contributed by atoms with Crippen molar-refractivity contribution in [2.24, 2.45) is 23.2 Å². The molecular weight excluding hydrogens is 400 g/mol. The van der Waals surface area contributed by atoms with Crippen LogP contribution in [0.25, 0.3) is 0 Å². The van der Waals surface area contributed by atoms with Gasteiger partial charge in [-0.2, -0.15) is 0 Å². The molecule has 0 aromatic heterocycles. The molecule has 6 rings (SSSR count). The summed E-state index contributed by atoms with van der Waals surface area (Å²) in [7, 11) is 0. The van der Waals surface area contributed by atoms with E-state index >= 15 is 0 Å². The molecule has 174 valence electrons. The fourth-order valence-electron chi connectivity index (χ4n) is 7.69. The van der Waals surface area contributed by atoms with E-state index in [0.29, 0.717) is 11.8 Å². The van der Waals surface area contributed by atoms with Crippen LogP contribution in [0.2, 0.25) is 0 Å². The summed E-state index contributed by atoms with van der Waals surface area (Å²) in [5, 5.41) is 0. The van der Waals surface area contributed by atoms with Crippen LogP contribution < -0.4 is 4.90 Å². The summed E-state index contributed by atoms with van der Waals surface area (Å²) in [6.07, 6.45) is 6.00. The molecule has 1 aromatic rings. The van der Waals surface area contributed by atoms with Crippen LogP contribution in [-0.4, -0.2) is 61.9 Å². The third-order valence-electron chi connectivity index (χ3n) is 9.82. The maximum Gasteiger partial charge on any atom is 0.310 e. The number of esters is 1. The van der Waals surface area contributed by atoms with Gasteiger partial charge in [0.1, 0.15) is 6.10 Å². The number of hydrogen-bond acceptors (Lipinski definition) is 5. The number of piperazine rings is 1. The average Bonchev–Trinajstić information content (AvgIpc) is 3.47. The highest BCUT2D eigenvalue weighted by molar-refractivity contribution is 5.75. The van der Waals surface area contributed by atoms with Crippen molar-refractivity contribution in [1.82, 2.24) is 4.90 Å². The zero-order chi connectivity index (χ0) is 22.1. The van der Waals surface area contributed by atoms with Crippen LogP contribution in [-0.2, 0) is 14.3 Å². The predicted octanol–water partition coefficient (Wildman–Crippen LogP) is 3.95. The molecule has 0 bridgehead atoms. The SMILES string of the molecule is Cc1cccc(N2CCN(C[C@@H]3C(=O)O[C@@H]4C[C@@]5(C)CCC[C@]6(CO6)[C@@H]5C[C@H]34)CC2)c1C. The highest BCUT2D eigenvalue weighted by atomic mass is 16.6. The van der Waals surface area contributed by atoms with Crippen LogP contribution in [0.1, 0.15) is 50.2 Å². The number of fused-ring (bicyclic) bond motifs is 3. The van der Waals surface area contributed by atoms with Gasteiger partial charge in [0.05, 0.1) is 18.1 Å². The van der Waals surface area contributed by atoms with Crippen molar-refractivity contribution in [3.05, 3.63) is 29.3 Å². The maximum absolute atomic E-state index is 13.0. The van der Waals surface area contributed by atoms with Gasteiger partial charge in [-0.3, -0.25) is 9.69 Å². The highest BCUT2D eigenvalue weighted by Crippen LogP contribution is 2.62. The fraction of sp³-hybridized carbons (Fsp3) is 0.741. The number of rotatable bonds is 3. The van der Waals surface area contributed by atoms with Crippen molar-refractivity contribution in [1.29, 1.82) is 0 Å². The Morgan fingerprint density at radius 2 is 1.91 bits per heavy atom. The van der Waals surface area contributed by atoms with Crippen LogP contribution in [0.3, 0.4) is 0 Å². The molecule has 0 N–H and O–H groups in total. The first-order valence-electron chi connectivity index (χ1n) is 12.8. The Morgan fingerprint density at radius 1 is 1.12 bits per heavy atom. The van der Waals surface area contributed by atoms with E-state index in [0.717, 1.165) is 52.2 Å². The second kappa shape index (κ2) is 7.46. The lowest BCUT2D eigenvalue weighted by Crippen LogP contribution is -2.52. The van der Waals surface area contributed by atoms with Gasteiger partial charge in [0.25, 0.3) is 0 Å². The molecule has 2 saturated carbocycles. The van der Waals surface area contributed by atoms with Gasteiger partial charge in [0, 0.05) is 44.3 Å². The molecule has 0 amide bonds. The summed E-state index contributed by atoms with van der Waals surface area (Å²) in [6.45, 7) is 12.7. The number of epoxide rings is 1. The van der Waals surface area contributed by atoms with Crippen LogP contribution in [0.4, 0.5) is 5.69 Å². The van der Waals surface area contributed by atoms with Crippen molar-refractivity contribution in [3.63, 3.8) is 0 Å². The van der Waals surface area contributed by atoms with Gasteiger partial charge in [-0.1, -0.05) is 19.1 Å². The van der Waals surface area contributed by atoms with E-state index in [1.807, 2.05) is 0 Å². The molecule has 5 fully saturated rings. The van der Waals surface area contributed by atoms with E-state index in [1.165, 1.54) is 36.1 Å². The van der Waals surface area contributed by atoms with Crippen molar-refractivity contribution in [2.45, 2.75) is 64.6 Å². The van der Waals surface area contributed by atoms with Crippen LogP contribution in [0, 0.1) is 37.0 Å². The molecule has 5 aliphatic rings. The summed E-state index contributed by atoms with van der Waals surface area (Å²) in [5.41, 5.74) is 4.52. The molecule has 2 aliphatic carbocycles. The van der Waals surface area contributed by atoms with Crippen LogP contribution >= 0.6 is 0 Å². The van der Waals surface area contributed by atoms with Gasteiger partial charge >= 0.3 is 5.97 Å². The van der Waals surface area contributed by atoms with Crippen molar-refractivity contribution in [2.75, 3.05) is 44.2 Å². The second-order valence-corrected chi connectivity index (χ2v) is 11.6. The summed E-state index contributed by atoms with van der Waals surface area (Å²) < 4.78 is 12.1. The minimum atomic E-state index is 0.0366. The standard InChI is InChI=1S/C27H38N2O3/c1-18-6-4-7-22(19(18)2)29-12-10-28(11-13-29)16-21-20-14-24-26(3,15-23(20)32-25(21)30)8-5-9-27(24)17-31-27/h4,6-7,20-21,23-24H,5,8-17H2,1-3H3/t20-,21+,23-,24-,26-,27+/m1/s1. The fourth-order valence-corrected chi connectivity index (χ4v) is 7.69. The summed E-state index contributed by atoms with van der Waals surface area (Å²) in [4.78, 5) is 18.0. The lowest BCUT2D eigenvalue weighted by Gasteiger charge is -2.51. The molecule has 3 heterocycles. The van der Waals surface area contributed by atoms with Crippen LogP contribution in [0.15, 0.2) is 18.2 Å². The van der Waals surface area contributed by atoms with Crippen molar-refractivity contribution in [3.8, 4) is 0 Å². The minimum Gasteiger partial charge on any atom is -0.462 e. The molecular formula is C27H38N2O3. The molecule has 1 aromatic carbocycles. The van der Waals surface area contributed by atoms with Crippen molar-refractivity contribution < 1.29 is 14.3 Å². The van der Waals surface area contributed by atoms with E-state index in [-0.39, 0.29) is 29.0 Å². The van der Waals surface area contributed by atoms with E-state index in [4.69, 9.17) is 9.47 Å². The van der Waals surface area contributed by atoms with E-state index in [2.05, 4.69) is 48.8 Å². The van der Waals surface area contributed by atoms with Crippen molar-refractivity contribution >= 4 is 11.7 Å². The molecule has 3 saturated heterocycles. The Morgan fingerprint density at radius 3 is 2.66 bits per heavy atom. The summed E-state index contributed by atoms with van der Waals surface area (Å²) in [6, 6.07) is 6.60. The Bertz CT molecular complexity index is 904. The lowest BCUT2D eigenvalue weighted by atomic mass is 9.53. The Hall–Kier alpha value is -1.59. The first kappa shape index (κ1) is 21.0. The third kappa shape index (κ3) is 3.30. The monoisotopic (exact) mass is 438 g/mol. The number of anilines is 1. The number of nitrogens with zero attached hydrogens (tertiary/aromatic N) is 2. The number of benzene rings is 1. The van der Waals surface area contributed by atoms with E-state index in [9.17, 15) is 4.79 Å². The molecule has 5 nitrogen and oxygen atoms in total. The van der Waals surface area contributed by atoms with E-state index in [1.54, 1.807) is 0 Å². The molecule has 1 spiro atoms. The zero-order valence-electron chi connectivity index (χ0n) is 19.9. The molecule has 6 atom stereocenters. The number of ether oxygens (including phenoxy) is 2. The predicted molar refractivity (Wildman–Crippen MR) is 125 cm³/mol. The first-order chi connectivity index (χ1) is 15.4. The molecule has 32 heavy (non-hydrogen) atoms. The van der Waals surface area contributed by atoms with Gasteiger partial charge in [0.15, 0.2) is 0 Å². The molecule has 0 radical (unpaired) electrons. The second-order valence-electron chi connectivity index (χ2n) is 11.6. The largest absolute Gasteiger partial charge is 0.462 e. The van der Waals surface area contributed by atoms with Gasteiger partial charge < -0.3 is 14.4 Å². The Labute approximate surface area is 192 Å². The third-order valence-corrected chi connectivity index (χ3v) is 9.82. The first-order valence-corrected chi connectivity index (χ1v) is 12.8. The quantitative estimate of drug-likeness (QED) is 0.528. The summed E-state index contributed by atoms with van der Waals surface area (Å²) in [5.74, 6) is 1.07. The lowest BCUT2D eigenvalue weighted by molar-refractivity contribution is -0.147. The molecule has 5 heteroatoms. The van der Waals surface area contributed by atoms with Gasteiger partial charge in [-0.05, 0) is 74.5 Å². The molecule has 3 aliphatic heterocycles. The van der Waals surface area contributed by atoms with Crippen LogP contribution in [0.5, 0.6) is 0 Å².